The second-order valence-corrected chi connectivity index (χ2v) is 6.07. The van der Waals surface area contributed by atoms with E-state index in [4.69, 9.17) is 0 Å². The van der Waals surface area contributed by atoms with E-state index in [1.165, 1.54) is 51.7 Å². The highest BCUT2D eigenvalue weighted by molar-refractivity contribution is 4.86. The predicted molar refractivity (Wildman–Crippen MR) is 71.2 cm³/mol. The quantitative estimate of drug-likeness (QED) is 0.765. The normalized spacial score (nSPS) is 24.9. The number of likely N-dealkylation sites (tertiary alicyclic amines) is 1. The van der Waals surface area contributed by atoms with Crippen LogP contribution in [0.3, 0.4) is 0 Å². The first kappa shape index (κ1) is 13.3. The monoisotopic (exact) mass is 240 g/mol. The largest absolute Gasteiger partial charge is 0.389 e. The Bertz CT molecular complexity index is 220. The van der Waals surface area contributed by atoms with Crippen LogP contribution < -0.4 is 0 Å². The fraction of sp³-hybridized carbons (Fsp3) is 1.00. The Hall–Kier alpha value is -0.120. The highest BCUT2D eigenvalue weighted by Gasteiger charge is 2.31. The van der Waals surface area contributed by atoms with Crippen molar-refractivity contribution in [3.05, 3.63) is 0 Å². The Morgan fingerprint density at radius 2 is 1.76 bits per heavy atom. The second kappa shape index (κ2) is 6.17. The Balaban J connectivity index is 1.58. The fourth-order valence-corrected chi connectivity index (χ4v) is 3.34. The number of hydrogen-bond acceptors (Lipinski definition) is 3. The first-order valence-electron chi connectivity index (χ1n) is 7.31. The minimum Gasteiger partial charge on any atom is -0.389 e. The van der Waals surface area contributed by atoms with Crippen molar-refractivity contribution in [2.24, 2.45) is 0 Å². The van der Waals surface area contributed by atoms with Gasteiger partial charge in [-0.2, -0.15) is 0 Å². The molecule has 0 aromatic rings. The molecule has 2 aliphatic rings. The summed E-state index contributed by atoms with van der Waals surface area (Å²) in [6, 6.07) is 0. The zero-order valence-electron chi connectivity index (χ0n) is 11.3. The third-order valence-corrected chi connectivity index (χ3v) is 4.31. The minimum absolute atomic E-state index is 0.373. The zero-order chi connectivity index (χ0) is 12.1. The Morgan fingerprint density at radius 1 is 1.12 bits per heavy atom. The standard InChI is InChI=1S/C14H28N2O/c1-15(13-14(17)7-2-3-8-14)9-6-12-16-10-4-5-11-16/h17H,2-13H2,1H3. The third kappa shape index (κ3) is 4.23. The molecule has 0 aromatic heterocycles. The summed E-state index contributed by atoms with van der Waals surface area (Å²) >= 11 is 0. The van der Waals surface area contributed by atoms with Gasteiger partial charge >= 0.3 is 0 Å². The fourth-order valence-electron chi connectivity index (χ4n) is 3.34. The average molecular weight is 240 g/mol. The van der Waals surface area contributed by atoms with Gasteiger partial charge in [-0.05, 0) is 65.3 Å². The van der Waals surface area contributed by atoms with Gasteiger partial charge in [-0.3, -0.25) is 0 Å². The van der Waals surface area contributed by atoms with Crippen molar-refractivity contribution in [2.75, 3.05) is 39.8 Å². The molecule has 0 unspecified atom stereocenters. The van der Waals surface area contributed by atoms with Gasteiger partial charge in [-0.1, -0.05) is 12.8 Å². The lowest BCUT2D eigenvalue weighted by Crippen LogP contribution is -2.40. The topological polar surface area (TPSA) is 26.7 Å². The molecule has 0 radical (unpaired) electrons. The number of likely N-dealkylation sites (N-methyl/N-ethyl adjacent to an activating group) is 1. The van der Waals surface area contributed by atoms with E-state index in [-0.39, 0.29) is 5.60 Å². The van der Waals surface area contributed by atoms with Crippen molar-refractivity contribution in [3.63, 3.8) is 0 Å². The summed E-state index contributed by atoms with van der Waals surface area (Å²) in [6.07, 6.45) is 8.43. The Kier molecular flexibility index (Phi) is 4.83. The molecule has 3 nitrogen and oxygen atoms in total. The first-order chi connectivity index (χ1) is 8.18. The molecule has 1 aliphatic heterocycles. The third-order valence-electron chi connectivity index (χ3n) is 4.31. The smallest absolute Gasteiger partial charge is 0.0774 e. The van der Waals surface area contributed by atoms with E-state index in [2.05, 4.69) is 16.8 Å². The summed E-state index contributed by atoms with van der Waals surface area (Å²) in [5.74, 6) is 0. The maximum Gasteiger partial charge on any atom is 0.0774 e. The highest BCUT2D eigenvalue weighted by Crippen LogP contribution is 2.29. The van der Waals surface area contributed by atoms with E-state index in [1.54, 1.807) is 0 Å². The van der Waals surface area contributed by atoms with Gasteiger partial charge in [0, 0.05) is 6.54 Å². The minimum atomic E-state index is -0.373. The number of rotatable bonds is 6. The molecule has 2 fully saturated rings. The van der Waals surface area contributed by atoms with Crippen LogP contribution in [0.5, 0.6) is 0 Å². The maximum atomic E-state index is 10.3. The SMILES string of the molecule is CN(CCCN1CCCC1)CC1(O)CCCC1. The number of nitrogens with zero attached hydrogens (tertiary/aromatic N) is 2. The lowest BCUT2D eigenvalue weighted by atomic mass is 10.0. The number of aliphatic hydroxyl groups is 1. The van der Waals surface area contributed by atoms with Gasteiger partial charge in [0.1, 0.15) is 0 Å². The van der Waals surface area contributed by atoms with Crippen molar-refractivity contribution in [1.29, 1.82) is 0 Å². The molecule has 100 valence electrons. The average Bonchev–Trinajstić information content (AvgIpc) is 2.90. The van der Waals surface area contributed by atoms with Gasteiger partial charge in [-0.25, -0.2) is 0 Å². The van der Waals surface area contributed by atoms with E-state index in [9.17, 15) is 5.11 Å². The van der Waals surface area contributed by atoms with E-state index < -0.39 is 0 Å². The van der Waals surface area contributed by atoms with Crippen molar-refractivity contribution in [2.45, 2.75) is 50.5 Å². The summed E-state index contributed by atoms with van der Waals surface area (Å²) in [6.45, 7) is 5.83. The highest BCUT2D eigenvalue weighted by atomic mass is 16.3. The molecule has 1 saturated heterocycles. The lowest BCUT2D eigenvalue weighted by Gasteiger charge is -2.29. The second-order valence-electron chi connectivity index (χ2n) is 6.07. The maximum absolute atomic E-state index is 10.3. The van der Waals surface area contributed by atoms with Crippen molar-refractivity contribution < 1.29 is 5.11 Å². The summed E-state index contributed by atoms with van der Waals surface area (Å²) in [5.41, 5.74) is -0.373. The molecule has 17 heavy (non-hydrogen) atoms. The van der Waals surface area contributed by atoms with Gasteiger partial charge in [0.25, 0.3) is 0 Å². The van der Waals surface area contributed by atoms with E-state index in [0.29, 0.717) is 0 Å². The van der Waals surface area contributed by atoms with Crippen LogP contribution >= 0.6 is 0 Å². The van der Waals surface area contributed by atoms with Gasteiger partial charge in [0.15, 0.2) is 0 Å². The van der Waals surface area contributed by atoms with E-state index in [1.807, 2.05) is 0 Å². The van der Waals surface area contributed by atoms with Crippen LogP contribution in [0.1, 0.15) is 44.9 Å². The molecule has 0 bridgehead atoms. The molecule has 0 spiro atoms. The van der Waals surface area contributed by atoms with Crippen LogP contribution in [0, 0.1) is 0 Å². The zero-order valence-corrected chi connectivity index (χ0v) is 11.3. The van der Waals surface area contributed by atoms with E-state index >= 15 is 0 Å². The first-order valence-corrected chi connectivity index (χ1v) is 7.31. The lowest BCUT2D eigenvalue weighted by molar-refractivity contribution is 0.0158. The molecule has 1 aliphatic carbocycles. The molecular formula is C14H28N2O. The summed E-state index contributed by atoms with van der Waals surface area (Å²) in [4.78, 5) is 4.89. The summed E-state index contributed by atoms with van der Waals surface area (Å²) < 4.78 is 0. The van der Waals surface area contributed by atoms with Crippen molar-refractivity contribution >= 4 is 0 Å². The van der Waals surface area contributed by atoms with Crippen LogP contribution in [-0.4, -0.2) is 60.3 Å². The van der Waals surface area contributed by atoms with Gasteiger partial charge < -0.3 is 14.9 Å². The summed E-state index contributed by atoms with van der Waals surface area (Å²) in [7, 11) is 2.15. The van der Waals surface area contributed by atoms with Crippen molar-refractivity contribution in [3.8, 4) is 0 Å². The Labute approximate surface area is 106 Å². The predicted octanol–water partition coefficient (Wildman–Crippen LogP) is 1.71. The van der Waals surface area contributed by atoms with Crippen LogP contribution in [0.2, 0.25) is 0 Å². The van der Waals surface area contributed by atoms with E-state index in [0.717, 1.165) is 25.9 Å². The van der Waals surface area contributed by atoms with Crippen LogP contribution in [0.25, 0.3) is 0 Å². The molecule has 0 aromatic carbocycles. The molecule has 1 N–H and O–H groups in total. The molecule has 0 atom stereocenters. The molecule has 1 heterocycles. The van der Waals surface area contributed by atoms with Crippen LogP contribution in [0.15, 0.2) is 0 Å². The number of hydrogen-bond donors (Lipinski definition) is 1. The molecule has 1 saturated carbocycles. The van der Waals surface area contributed by atoms with Crippen LogP contribution in [-0.2, 0) is 0 Å². The molecule has 2 rings (SSSR count). The van der Waals surface area contributed by atoms with Crippen LogP contribution in [0.4, 0.5) is 0 Å². The molecular weight excluding hydrogens is 212 g/mol. The van der Waals surface area contributed by atoms with Crippen molar-refractivity contribution in [1.82, 2.24) is 9.80 Å². The summed E-state index contributed by atoms with van der Waals surface area (Å²) in [5, 5.41) is 10.3. The van der Waals surface area contributed by atoms with Gasteiger partial charge in [0.05, 0.1) is 5.60 Å². The Morgan fingerprint density at radius 3 is 2.41 bits per heavy atom. The molecule has 0 amide bonds. The molecule has 3 heteroatoms. The van der Waals surface area contributed by atoms with Gasteiger partial charge in [-0.15, -0.1) is 0 Å². The van der Waals surface area contributed by atoms with Gasteiger partial charge in [0.2, 0.25) is 0 Å².